The van der Waals surface area contributed by atoms with Crippen molar-refractivity contribution in [3.63, 3.8) is 0 Å². The molecule has 102 valence electrons. The Morgan fingerprint density at radius 3 is 2.47 bits per heavy atom. The minimum absolute atomic E-state index is 0.163. The lowest BCUT2D eigenvalue weighted by atomic mass is 9.99. The molecule has 2 aromatic carbocycles. The van der Waals surface area contributed by atoms with E-state index in [1.165, 1.54) is 16.3 Å². The Hall–Kier alpha value is -1.39. The van der Waals surface area contributed by atoms with Crippen molar-refractivity contribution in [2.75, 3.05) is 12.9 Å². The highest BCUT2D eigenvalue weighted by atomic mass is 32.2. The van der Waals surface area contributed by atoms with Crippen LogP contribution >= 0.6 is 0 Å². The van der Waals surface area contributed by atoms with Crippen LogP contribution in [0, 0.1) is 5.92 Å². The smallest absolute Gasteiger partial charge is 0.264 e. The molecule has 0 radical (unpaired) electrons. The van der Waals surface area contributed by atoms with Crippen LogP contribution < -0.4 is 0 Å². The summed E-state index contributed by atoms with van der Waals surface area (Å²) in [6, 6.07) is 14.5. The van der Waals surface area contributed by atoms with E-state index in [1.807, 2.05) is 19.1 Å². The zero-order valence-corrected chi connectivity index (χ0v) is 12.0. The number of benzene rings is 2. The first-order chi connectivity index (χ1) is 8.94. The molecule has 3 nitrogen and oxygen atoms in total. The second kappa shape index (κ2) is 5.72. The molecule has 0 spiro atoms. The monoisotopic (exact) mass is 278 g/mol. The van der Waals surface area contributed by atoms with E-state index in [2.05, 4.69) is 30.3 Å². The number of fused-ring (bicyclic) bond motifs is 1. The molecule has 0 heterocycles. The van der Waals surface area contributed by atoms with Gasteiger partial charge in [0, 0.05) is 0 Å². The van der Waals surface area contributed by atoms with Gasteiger partial charge in [0.05, 0.1) is 12.9 Å². The molecule has 0 bridgehead atoms. The van der Waals surface area contributed by atoms with Gasteiger partial charge in [-0.05, 0) is 28.7 Å². The average molecular weight is 278 g/mol. The Morgan fingerprint density at radius 2 is 1.79 bits per heavy atom. The van der Waals surface area contributed by atoms with Crippen molar-refractivity contribution in [1.82, 2.24) is 0 Å². The fourth-order valence-corrected chi connectivity index (χ4v) is 2.55. The number of hydrogen-bond acceptors (Lipinski definition) is 3. The average Bonchev–Trinajstić information content (AvgIpc) is 2.35. The van der Waals surface area contributed by atoms with Crippen LogP contribution in [0.3, 0.4) is 0 Å². The number of hydrogen-bond donors (Lipinski definition) is 0. The first-order valence-electron chi connectivity index (χ1n) is 6.26. The molecule has 0 aromatic heterocycles. The Bertz CT molecular complexity index is 662. The van der Waals surface area contributed by atoms with Gasteiger partial charge in [-0.3, -0.25) is 4.18 Å². The molecule has 0 aliphatic rings. The molecule has 0 fully saturated rings. The van der Waals surface area contributed by atoms with Gasteiger partial charge in [0.15, 0.2) is 0 Å². The fourth-order valence-electron chi connectivity index (χ4n) is 2.07. The summed E-state index contributed by atoms with van der Waals surface area (Å²) < 4.78 is 26.7. The molecule has 0 N–H and O–H groups in total. The van der Waals surface area contributed by atoms with Crippen LogP contribution in [0.1, 0.15) is 12.5 Å². The van der Waals surface area contributed by atoms with E-state index in [0.717, 1.165) is 12.7 Å². The summed E-state index contributed by atoms with van der Waals surface area (Å²) in [5.74, 6) is 0.163. The first kappa shape index (κ1) is 14.0. The maximum atomic E-state index is 10.9. The normalized spacial score (nSPS) is 13.6. The van der Waals surface area contributed by atoms with E-state index >= 15 is 0 Å². The molecule has 0 amide bonds. The van der Waals surface area contributed by atoms with E-state index < -0.39 is 10.1 Å². The molecule has 1 unspecified atom stereocenters. The third kappa shape index (κ3) is 4.33. The highest BCUT2D eigenvalue weighted by molar-refractivity contribution is 7.85. The molecule has 0 aliphatic heterocycles. The lowest BCUT2D eigenvalue weighted by Gasteiger charge is -2.11. The number of rotatable bonds is 5. The standard InChI is InChI=1S/C15H18O3S/c1-12(11-18-19(2,16)17)9-13-7-8-14-5-3-4-6-15(14)10-13/h3-8,10,12H,9,11H2,1-2H3. The van der Waals surface area contributed by atoms with Gasteiger partial charge in [0.1, 0.15) is 0 Å². The van der Waals surface area contributed by atoms with Gasteiger partial charge >= 0.3 is 0 Å². The second-order valence-corrected chi connectivity index (χ2v) is 6.62. The van der Waals surface area contributed by atoms with Gasteiger partial charge in [-0.2, -0.15) is 8.42 Å². The van der Waals surface area contributed by atoms with Crippen molar-refractivity contribution in [2.24, 2.45) is 5.92 Å². The summed E-state index contributed by atoms with van der Waals surface area (Å²) in [6.45, 7) is 2.21. The van der Waals surface area contributed by atoms with Gasteiger partial charge in [0.2, 0.25) is 0 Å². The van der Waals surface area contributed by atoms with Crippen LogP contribution in [0.4, 0.5) is 0 Å². The summed E-state index contributed by atoms with van der Waals surface area (Å²) >= 11 is 0. The van der Waals surface area contributed by atoms with Crippen LogP contribution in [-0.4, -0.2) is 21.3 Å². The van der Waals surface area contributed by atoms with Crippen LogP contribution in [0.25, 0.3) is 10.8 Å². The summed E-state index contributed by atoms with van der Waals surface area (Å²) in [7, 11) is -3.35. The summed E-state index contributed by atoms with van der Waals surface area (Å²) in [6.07, 6.45) is 1.89. The quantitative estimate of drug-likeness (QED) is 0.790. The van der Waals surface area contributed by atoms with Gasteiger partial charge in [0.25, 0.3) is 10.1 Å². The highest BCUT2D eigenvalue weighted by Gasteiger charge is 2.09. The molecular weight excluding hydrogens is 260 g/mol. The van der Waals surface area contributed by atoms with E-state index in [0.29, 0.717) is 0 Å². The maximum absolute atomic E-state index is 10.9. The zero-order chi connectivity index (χ0) is 13.9. The Morgan fingerprint density at radius 1 is 1.11 bits per heavy atom. The largest absolute Gasteiger partial charge is 0.270 e. The lowest BCUT2D eigenvalue weighted by molar-refractivity contribution is 0.266. The van der Waals surface area contributed by atoms with Crippen molar-refractivity contribution >= 4 is 20.9 Å². The van der Waals surface area contributed by atoms with Crippen molar-refractivity contribution in [3.05, 3.63) is 48.0 Å². The molecule has 2 rings (SSSR count). The molecule has 0 saturated carbocycles. The van der Waals surface area contributed by atoms with Crippen molar-refractivity contribution < 1.29 is 12.6 Å². The van der Waals surface area contributed by atoms with E-state index in [1.54, 1.807) is 0 Å². The molecule has 19 heavy (non-hydrogen) atoms. The fraction of sp³-hybridized carbons (Fsp3) is 0.333. The minimum atomic E-state index is -3.35. The predicted molar refractivity (Wildman–Crippen MR) is 77.6 cm³/mol. The summed E-state index contributed by atoms with van der Waals surface area (Å²) in [5, 5.41) is 2.42. The first-order valence-corrected chi connectivity index (χ1v) is 8.08. The molecule has 0 saturated heterocycles. The van der Waals surface area contributed by atoms with Crippen LogP contribution in [0.2, 0.25) is 0 Å². The Labute approximate surface area is 114 Å². The van der Waals surface area contributed by atoms with Crippen LogP contribution in [0.15, 0.2) is 42.5 Å². The van der Waals surface area contributed by atoms with Crippen molar-refractivity contribution in [1.29, 1.82) is 0 Å². The third-order valence-electron chi connectivity index (χ3n) is 2.96. The summed E-state index contributed by atoms with van der Waals surface area (Å²) in [5.41, 5.74) is 1.20. The second-order valence-electron chi connectivity index (χ2n) is 4.98. The molecular formula is C15H18O3S. The van der Waals surface area contributed by atoms with Gasteiger partial charge in [-0.1, -0.05) is 49.4 Å². The highest BCUT2D eigenvalue weighted by Crippen LogP contribution is 2.18. The van der Waals surface area contributed by atoms with Crippen LogP contribution in [0.5, 0.6) is 0 Å². The minimum Gasteiger partial charge on any atom is -0.270 e. The van der Waals surface area contributed by atoms with E-state index in [9.17, 15) is 8.42 Å². The van der Waals surface area contributed by atoms with Gasteiger partial charge in [-0.25, -0.2) is 0 Å². The van der Waals surface area contributed by atoms with Gasteiger partial charge < -0.3 is 0 Å². The van der Waals surface area contributed by atoms with Crippen molar-refractivity contribution in [2.45, 2.75) is 13.3 Å². The summed E-state index contributed by atoms with van der Waals surface area (Å²) in [4.78, 5) is 0. The topological polar surface area (TPSA) is 43.4 Å². The predicted octanol–water partition coefficient (Wildman–Crippen LogP) is 2.99. The maximum Gasteiger partial charge on any atom is 0.264 e. The zero-order valence-electron chi connectivity index (χ0n) is 11.2. The third-order valence-corrected chi connectivity index (χ3v) is 3.53. The van der Waals surface area contributed by atoms with E-state index in [4.69, 9.17) is 4.18 Å². The molecule has 0 aliphatic carbocycles. The van der Waals surface area contributed by atoms with Crippen LogP contribution in [-0.2, 0) is 20.7 Å². The molecule has 4 heteroatoms. The van der Waals surface area contributed by atoms with Crippen molar-refractivity contribution in [3.8, 4) is 0 Å². The molecule has 1 atom stereocenters. The van der Waals surface area contributed by atoms with E-state index in [-0.39, 0.29) is 12.5 Å². The van der Waals surface area contributed by atoms with Gasteiger partial charge in [-0.15, -0.1) is 0 Å². The lowest BCUT2D eigenvalue weighted by Crippen LogP contribution is -2.13. The Kier molecular flexibility index (Phi) is 4.22. The Balaban J connectivity index is 2.04. The molecule has 2 aromatic rings. The SMILES string of the molecule is CC(COS(C)(=O)=O)Cc1ccc2ccccc2c1.